The number of benzene rings is 4. The van der Waals surface area contributed by atoms with Crippen molar-refractivity contribution >= 4 is 28.8 Å². The van der Waals surface area contributed by atoms with E-state index in [9.17, 15) is 0 Å². The van der Waals surface area contributed by atoms with Crippen molar-refractivity contribution in [2.75, 3.05) is 0 Å². The first-order valence-corrected chi connectivity index (χ1v) is 9.68. The molecule has 0 spiro atoms. The molecule has 0 aliphatic carbocycles. The van der Waals surface area contributed by atoms with Crippen molar-refractivity contribution in [3.05, 3.63) is 126 Å². The molecule has 0 N–H and O–H groups in total. The monoisotopic (exact) mass is 388 g/mol. The average Bonchev–Trinajstić information content (AvgIpc) is 2.83. The standard InChI is InChI=1S/C26H20N4/c1-4-10-21(11-5-1)20-26(30-29-24-14-8-3-9-15-24)22-16-18-25(19-17-22)28-27-23-12-6-2-7-13-23/h1-20H/b26-20-,28-27?,30-29?. The quantitative estimate of drug-likeness (QED) is 0.235. The molecule has 4 aromatic rings. The maximum Gasteiger partial charge on any atom is 0.0935 e. The molecule has 0 radical (unpaired) electrons. The van der Waals surface area contributed by atoms with Gasteiger partial charge in [0.25, 0.3) is 0 Å². The van der Waals surface area contributed by atoms with Gasteiger partial charge in [-0.05, 0) is 48.0 Å². The summed E-state index contributed by atoms with van der Waals surface area (Å²) >= 11 is 0. The minimum atomic E-state index is 0.775. The van der Waals surface area contributed by atoms with E-state index in [0.717, 1.165) is 33.9 Å². The number of nitrogens with zero attached hydrogens (tertiary/aromatic N) is 4. The largest absolute Gasteiger partial charge is 0.151 e. The zero-order valence-electron chi connectivity index (χ0n) is 16.3. The number of azo groups is 2. The van der Waals surface area contributed by atoms with Gasteiger partial charge in [-0.3, -0.25) is 0 Å². The molecule has 0 saturated carbocycles. The van der Waals surface area contributed by atoms with E-state index in [2.05, 4.69) is 20.5 Å². The smallest absolute Gasteiger partial charge is 0.0935 e. The molecule has 4 rings (SSSR count). The Labute approximate surface area is 176 Å². The van der Waals surface area contributed by atoms with Crippen LogP contribution in [0.4, 0.5) is 17.1 Å². The molecule has 0 aliphatic rings. The van der Waals surface area contributed by atoms with Crippen LogP contribution < -0.4 is 0 Å². The van der Waals surface area contributed by atoms with Crippen molar-refractivity contribution in [1.29, 1.82) is 0 Å². The summed E-state index contributed by atoms with van der Waals surface area (Å²) in [6.45, 7) is 0. The Balaban J connectivity index is 1.61. The Bertz CT molecular complexity index is 1150. The lowest BCUT2D eigenvalue weighted by atomic mass is 10.1. The summed E-state index contributed by atoms with van der Waals surface area (Å²) in [5.41, 5.74) is 5.20. The summed E-state index contributed by atoms with van der Waals surface area (Å²) < 4.78 is 0. The molecule has 0 fully saturated rings. The summed E-state index contributed by atoms with van der Waals surface area (Å²) in [7, 11) is 0. The first kappa shape index (κ1) is 19.2. The van der Waals surface area contributed by atoms with Crippen LogP contribution in [0.15, 0.2) is 136 Å². The fraction of sp³-hybridized carbons (Fsp3) is 0. The Morgan fingerprint density at radius 3 is 1.50 bits per heavy atom. The van der Waals surface area contributed by atoms with E-state index < -0.39 is 0 Å². The lowest BCUT2D eigenvalue weighted by molar-refractivity contribution is 1.22. The summed E-state index contributed by atoms with van der Waals surface area (Å²) in [4.78, 5) is 0. The lowest BCUT2D eigenvalue weighted by Gasteiger charge is -2.03. The molecular formula is C26H20N4. The van der Waals surface area contributed by atoms with Gasteiger partial charge in [0, 0.05) is 5.56 Å². The van der Waals surface area contributed by atoms with Crippen LogP contribution in [0.2, 0.25) is 0 Å². The number of rotatable bonds is 6. The highest BCUT2D eigenvalue weighted by molar-refractivity contribution is 5.81. The van der Waals surface area contributed by atoms with Crippen LogP contribution >= 0.6 is 0 Å². The van der Waals surface area contributed by atoms with E-state index in [4.69, 9.17) is 0 Å². The van der Waals surface area contributed by atoms with Gasteiger partial charge in [0.15, 0.2) is 0 Å². The van der Waals surface area contributed by atoms with Crippen LogP contribution in [-0.2, 0) is 0 Å². The van der Waals surface area contributed by atoms with Gasteiger partial charge in [0.1, 0.15) is 0 Å². The molecule has 144 valence electrons. The van der Waals surface area contributed by atoms with Gasteiger partial charge in [-0.25, -0.2) is 0 Å². The van der Waals surface area contributed by atoms with E-state index in [1.807, 2.05) is 121 Å². The minimum absolute atomic E-state index is 0.775. The van der Waals surface area contributed by atoms with Crippen molar-refractivity contribution in [2.45, 2.75) is 0 Å². The Morgan fingerprint density at radius 1 is 0.467 bits per heavy atom. The van der Waals surface area contributed by atoms with E-state index in [1.54, 1.807) is 0 Å². The second-order valence-corrected chi connectivity index (χ2v) is 6.56. The first-order valence-electron chi connectivity index (χ1n) is 9.68. The summed E-state index contributed by atoms with van der Waals surface area (Å²) in [5, 5.41) is 17.5. The zero-order valence-corrected chi connectivity index (χ0v) is 16.3. The summed E-state index contributed by atoms with van der Waals surface area (Å²) in [6, 6.07) is 37.3. The second-order valence-electron chi connectivity index (χ2n) is 6.56. The topological polar surface area (TPSA) is 49.4 Å². The van der Waals surface area contributed by atoms with Crippen molar-refractivity contribution in [2.24, 2.45) is 20.5 Å². The van der Waals surface area contributed by atoms with Gasteiger partial charge in [0.05, 0.1) is 22.8 Å². The van der Waals surface area contributed by atoms with Crippen molar-refractivity contribution in [3.8, 4) is 0 Å². The van der Waals surface area contributed by atoms with Crippen molar-refractivity contribution in [3.63, 3.8) is 0 Å². The van der Waals surface area contributed by atoms with E-state index in [1.165, 1.54) is 0 Å². The molecule has 0 amide bonds. The number of hydrogen-bond acceptors (Lipinski definition) is 4. The highest BCUT2D eigenvalue weighted by Gasteiger charge is 2.02. The molecule has 4 aromatic carbocycles. The predicted octanol–water partition coefficient (Wildman–Crippen LogP) is 8.38. The molecule has 0 unspecified atom stereocenters. The van der Waals surface area contributed by atoms with Gasteiger partial charge >= 0.3 is 0 Å². The molecule has 4 heteroatoms. The fourth-order valence-electron chi connectivity index (χ4n) is 2.79. The van der Waals surface area contributed by atoms with E-state index in [0.29, 0.717) is 0 Å². The van der Waals surface area contributed by atoms with E-state index >= 15 is 0 Å². The van der Waals surface area contributed by atoms with Crippen LogP contribution in [0.1, 0.15) is 11.1 Å². The van der Waals surface area contributed by atoms with Gasteiger partial charge in [0.2, 0.25) is 0 Å². The normalized spacial score (nSPS) is 11.9. The van der Waals surface area contributed by atoms with Crippen LogP contribution in [0.3, 0.4) is 0 Å². The molecular weight excluding hydrogens is 368 g/mol. The molecule has 0 bridgehead atoms. The van der Waals surface area contributed by atoms with Crippen LogP contribution in [0.5, 0.6) is 0 Å². The third-order valence-electron chi connectivity index (χ3n) is 4.33. The summed E-state index contributed by atoms with van der Waals surface area (Å²) in [6.07, 6.45) is 2.02. The maximum absolute atomic E-state index is 4.51. The maximum atomic E-state index is 4.51. The zero-order chi connectivity index (χ0) is 20.4. The fourth-order valence-corrected chi connectivity index (χ4v) is 2.79. The highest BCUT2D eigenvalue weighted by Crippen LogP contribution is 2.25. The Hall–Kier alpha value is -4.18. The van der Waals surface area contributed by atoms with Crippen LogP contribution in [-0.4, -0.2) is 0 Å². The predicted molar refractivity (Wildman–Crippen MR) is 122 cm³/mol. The van der Waals surface area contributed by atoms with Crippen molar-refractivity contribution in [1.82, 2.24) is 0 Å². The van der Waals surface area contributed by atoms with Crippen molar-refractivity contribution < 1.29 is 0 Å². The molecule has 0 atom stereocenters. The third kappa shape index (κ3) is 5.42. The van der Waals surface area contributed by atoms with Crippen LogP contribution in [0.25, 0.3) is 11.8 Å². The SMILES string of the molecule is C(=C(/N=Nc1ccccc1)c1ccc(N=Nc2ccccc2)cc1)/c1ccccc1. The third-order valence-corrected chi connectivity index (χ3v) is 4.33. The van der Waals surface area contributed by atoms with Crippen LogP contribution in [0, 0.1) is 0 Å². The summed E-state index contributed by atoms with van der Waals surface area (Å²) in [5.74, 6) is 0. The molecule has 0 aromatic heterocycles. The molecule has 0 saturated heterocycles. The van der Waals surface area contributed by atoms with Gasteiger partial charge in [-0.1, -0.05) is 78.9 Å². The van der Waals surface area contributed by atoms with Gasteiger partial charge < -0.3 is 0 Å². The Morgan fingerprint density at radius 2 is 0.933 bits per heavy atom. The molecule has 0 aliphatic heterocycles. The number of hydrogen-bond donors (Lipinski definition) is 0. The molecule has 4 nitrogen and oxygen atoms in total. The lowest BCUT2D eigenvalue weighted by Crippen LogP contribution is -1.81. The van der Waals surface area contributed by atoms with E-state index in [-0.39, 0.29) is 0 Å². The minimum Gasteiger partial charge on any atom is -0.151 e. The second kappa shape index (κ2) is 9.85. The first-order chi connectivity index (χ1) is 14.9. The Kier molecular flexibility index (Phi) is 6.28. The molecule has 0 heterocycles. The van der Waals surface area contributed by atoms with Gasteiger partial charge in [-0.2, -0.15) is 15.3 Å². The average molecular weight is 388 g/mol. The highest BCUT2D eigenvalue weighted by atomic mass is 15.1. The van der Waals surface area contributed by atoms with Gasteiger partial charge in [-0.15, -0.1) is 5.11 Å². The molecule has 30 heavy (non-hydrogen) atoms.